The third-order valence-electron chi connectivity index (χ3n) is 2.92. The lowest BCUT2D eigenvalue weighted by molar-refractivity contribution is -0.991. The number of rotatable bonds is 4. The highest BCUT2D eigenvalue weighted by Crippen LogP contribution is 2.34. The van der Waals surface area contributed by atoms with Crippen molar-refractivity contribution >= 4 is 38.6 Å². The number of nitrogen functional groups attached to an aromatic ring is 2. The summed E-state index contributed by atoms with van der Waals surface area (Å²) in [7, 11) is -4.58. The maximum atomic E-state index is 11.2. The molecule has 0 amide bonds. The van der Waals surface area contributed by atoms with Gasteiger partial charge >= 0.3 is 0 Å². The Balaban J connectivity index is 2.43. The van der Waals surface area contributed by atoms with E-state index in [9.17, 15) is 18.7 Å². The Kier molecular flexibility index (Phi) is 4.68. The van der Waals surface area contributed by atoms with E-state index in [1.54, 1.807) is 0 Å². The fourth-order valence-electron chi connectivity index (χ4n) is 1.76. The van der Waals surface area contributed by atoms with Gasteiger partial charge in [-0.1, -0.05) is 0 Å². The van der Waals surface area contributed by atoms with Gasteiger partial charge in [-0.2, -0.15) is 13.6 Å². The van der Waals surface area contributed by atoms with Crippen molar-refractivity contribution in [1.29, 1.82) is 0 Å². The zero-order chi connectivity index (χ0) is 18.1. The highest BCUT2D eigenvalue weighted by atomic mass is 32.2. The minimum atomic E-state index is -4.58. The molecule has 2 aromatic carbocycles. The van der Waals surface area contributed by atoms with Crippen LogP contribution in [0, 0.1) is 5.21 Å². The average molecular weight is 355 g/mol. The largest absolute Gasteiger partial charge is 0.595 e. The van der Waals surface area contributed by atoms with Crippen LogP contribution in [0.2, 0.25) is 0 Å². The van der Waals surface area contributed by atoms with Crippen molar-refractivity contribution < 1.29 is 28.5 Å². The monoisotopic (exact) mass is 355 g/mol. The van der Waals surface area contributed by atoms with Gasteiger partial charge in [0.1, 0.15) is 22.0 Å². The number of nitrogens with two attached hydrogens (primary N) is 2. The molecule has 2 rings (SSSR count). The van der Waals surface area contributed by atoms with Crippen LogP contribution >= 0.6 is 0 Å². The summed E-state index contributed by atoms with van der Waals surface area (Å²) in [6.07, 6.45) is 0. The summed E-state index contributed by atoms with van der Waals surface area (Å²) in [5.41, 5.74) is 10.5. The van der Waals surface area contributed by atoms with Gasteiger partial charge in [-0.15, -0.1) is 10.2 Å². The van der Waals surface area contributed by atoms with E-state index in [1.165, 1.54) is 12.1 Å². The van der Waals surface area contributed by atoms with Gasteiger partial charge in [-0.25, -0.2) is 5.21 Å². The quantitative estimate of drug-likeness (QED) is 0.198. The smallest absolute Gasteiger partial charge is 0.296 e. The second-order valence-electron chi connectivity index (χ2n) is 4.63. The number of nitrogens with zero attached hydrogens (tertiary/aromatic N) is 2. The number of anilines is 2. The van der Waals surface area contributed by atoms with Crippen molar-refractivity contribution in [1.82, 2.24) is 0 Å². The molecule has 2 aromatic rings. The van der Waals surface area contributed by atoms with Crippen LogP contribution in [0.25, 0.3) is 0 Å². The number of azo groups is 1. The van der Waals surface area contributed by atoms with Crippen molar-refractivity contribution in [3.8, 4) is 5.75 Å². The second-order valence-corrected chi connectivity index (χ2v) is 6.02. The normalized spacial score (nSPS) is 13.3. The molecule has 0 radical (unpaired) electrons. The van der Waals surface area contributed by atoms with Crippen molar-refractivity contribution in [2.24, 2.45) is 10.2 Å². The minimum Gasteiger partial charge on any atom is -0.595 e. The van der Waals surface area contributed by atoms with E-state index in [4.69, 9.17) is 21.2 Å². The van der Waals surface area contributed by atoms with Gasteiger partial charge in [0.15, 0.2) is 5.69 Å². The van der Waals surface area contributed by atoms with Crippen LogP contribution in [0.3, 0.4) is 0 Å². The number of phenolic OH excluding ortho intramolecular Hbond substituents is 1. The Morgan fingerprint density at radius 2 is 1.67 bits per heavy atom. The van der Waals surface area contributed by atoms with E-state index in [-0.39, 0.29) is 28.4 Å². The summed E-state index contributed by atoms with van der Waals surface area (Å²) in [5, 5.41) is 35.4. The SMILES string of the molecule is Nc1cc(N)c(S(=O)(=O)O)cc1N=Nc1ccc([NH+]([O-])O)cc1O. The molecule has 128 valence electrons. The van der Waals surface area contributed by atoms with Crippen LogP contribution in [0.1, 0.15) is 0 Å². The second kappa shape index (κ2) is 6.38. The zero-order valence-corrected chi connectivity index (χ0v) is 12.7. The molecule has 0 bridgehead atoms. The molecule has 0 fully saturated rings. The molecule has 0 heterocycles. The summed E-state index contributed by atoms with van der Waals surface area (Å²) in [4.78, 5) is -0.587. The lowest BCUT2D eigenvalue weighted by Crippen LogP contribution is -2.99. The van der Waals surface area contributed by atoms with E-state index in [2.05, 4.69) is 10.2 Å². The van der Waals surface area contributed by atoms with Gasteiger partial charge in [0.25, 0.3) is 10.1 Å². The van der Waals surface area contributed by atoms with Crippen molar-refractivity contribution in [3.05, 3.63) is 35.5 Å². The van der Waals surface area contributed by atoms with Gasteiger partial charge in [0.2, 0.25) is 0 Å². The summed E-state index contributed by atoms with van der Waals surface area (Å²) in [6, 6.07) is 5.40. The molecule has 8 N–H and O–H groups in total. The van der Waals surface area contributed by atoms with Crippen LogP contribution in [0.4, 0.5) is 28.4 Å². The number of hydrogen-bond acceptors (Lipinski definition) is 9. The van der Waals surface area contributed by atoms with Gasteiger partial charge in [0.05, 0.1) is 11.4 Å². The van der Waals surface area contributed by atoms with Gasteiger partial charge < -0.3 is 21.8 Å². The third kappa shape index (κ3) is 3.76. The van der Waals surface area contributed by atoms with Crippen LogP contribution in [-0.4, -0.2) is 23.3 Å². The van der Waals surface area contributed by atoms with E-state index >= 15 is 0 Å². The number of aromatic hydroxyl groups is 1. The fourth-order valence-corrected chi connectivity index (χ4v) is 2.38. The molecule has 11 nitrogen and oxygen atoms in total. The average Bonchev–Trinajstić information content (AvgIpc) is 2.45. The minimum absolute atomic E-state index is 0.00899. The Hall–Kier alpha value is -2.77. The molecule has 0 saturated heterocycles. The van der Waals surface area contributed by atoms with Crippen LogP contribution in [0.5, 0.6) is 5.75 Å². The first-order valence-electron chi connectivity index (χ1n) is 6.24. The zero-order valence-electron chi connectivity index (χ0n) is 11.9. The number of phenols is 1. The molecule has 0 spiro atoms. The number of quaternary nitrogens is 1. The maximum Gasteiger partial charge on any atom is 0.296 e. The van der Waals surface area contributed by atoms with Crippen molar-refractivity contribution in [2.75, 3.05) is 11.5 Å². The lowest BCUT2D eigenvalue weighted by Gasteiger charge is -2.11. The van der Waals surface area contributed by atoms with E-state index in [0.717, 1.165) is 18.2 Å². The third-order valence-corrected chi connectivity index (χ3v) is 3.83. The predicted molar refractivity (Wildman–Crippen MR) is 83.1 cm³/mol. The summed E-state index contributed by atoms with van der Waals surface area (Å²) in [5.74, 6) is -0.442. The van der Waals surface area contributed by atoms with Crippen molar-refractivity contribution in [3.63, 3.8) is 0 Å². The van der Waals surface area contributed by atoms with Crippen LogP contribution in [0.15, 0.2) is 45.5 Å². The highest BCUT2D eigenvalue weighted by molar-refractivity contribution is 7.86. The topological polar surface area (TPSA) is 199 Å². The molecule has 0 aliphatic carbocycles. The molecular formula is C12H13N5O6S. The Morgan fingerprint density at radius 3 is 2.21 bits per heavy atom. The molecule has 0 aliphatic heterocycles. The van der Waals surface area contributed by atoms with Gasteiger partial charge in [-0.05, 0) is 18.2 Å². The molecule has 0 aliphatic rings. The van der Waals surface area contributed by atoms with E-state index in [0.29, 0.717) is 0 Å². The standard InChI is InChI=1S/C12H13N5O6S/c13-7-4-8(14)12(24(21,22)23)5-10(7)16-15-9-2-1-6(17(19)20)3-11(9)18/h1-5,17-19H,13-14H2,(H,21,22,23). The van der Waals surface area contributed by atoms with E-state index < -0.39 is 26.0 Å². The molecule has 1 unspecified atom stereocenters. The maximum absolute atomic E-state index is 11.2. The Labute approximate surface area is 135 Å². The first-order valence-corrected chi connectivity index (χ1v) is 7.68. The van der Waals surface area contributed by atoms with Gasteiger partial charge in [0, 0.05) is 12.1 Å². The predicted octanol–water partition coefficient (Wildman–Crippen LogP) is 0.622. The number of nitrogens with one attached hydrogen (secondary N) is 1. The molecule has 0 saturated carbocycles. The Bertz CT molecular complexity index is 912. The van der Waals surface area contributed by atoms with Crippen LogP contribution < -0.4 is 16.7 Å². The van der Waals surface area contributed by atoms with Gasteiger partial charge in [-0.3, -0.25) is 4.55 Å². The summed E-state index contributed by atoms with van der Waals surface area (Å²) >= 11 is 0. The first kappa shape index (κ1) is 17.6. The number of benzene rings is 2. The first-order chi connectivity index (χ1) is 11.1. The highest BCUT2D eigenvalue weighted by Gasteiger charge is 2.17. The van der Waals surface area contributed by atoms with E-state index in [1.807, 2.05) is 0 Å². The summed E-state index contributed by atoms with van der Waals surface area (Å²) < 4.78 is 31.5. The molecule has 1 atom stereocenters. The number of hydrogen-bond donors (Lipinski definition) is 6. The molecule has 0 aromatic heterocycles. The Morgan fingerprint density at radius 1 is 1.04 bits per heavy atom. The lowest BCUT2D eigenvalue weighted by atomic mass is 10.2. The van der Waals surface area contributed by atoms with Crippen molar-refractivity contribution in [2.45, 2.75) is 4.90 Å². The van der Waals surface area contributed by atoms with Crippen LogP contribution in [-0.2, 0) is 10.1 Å². The summed E-state index contributed by atoms with van der Waals surface area (Å²) in [6.45, 7) is 0. The molecular weight excluding hydrogens is 342 g/mol. The fraction of sp³-hybridized carbons (Fsp3) is 0. The molecule has 24 heavy (non-hydrogen) atoms. The molecule has 12 heteroatoms.